The van der Waals surface area contributed by atoms with Gasteiger partial charge in [-0.1, -0.05) is 34.1 Å². The predicted octanol–water partition coefficient (Wildman–Crippen LogP) is 3.14. The van der Waals surface area contributed by atoms with Crippen LogP contribution in [0.3, 0.4) is 0 Å². The molecule has 116 valence electrons. The van der Waals surface area contributed by atoms with Crippen LogP contribution in [0.4, 0.5) is 4.39 Å². The van der Waals surface area contributed by atoms with Gasteiger partial charge in [0.15, 0.2) is 0 Å². The maximum atomic E-state index is 13.6. The molecule has 0 bridgehead atoms. The number of carbonyl (C=O) groups is 2. The SMILES string of the molecule is O=C(NNC(=O)c1c[nH]c2ccccc12)c1cc(Br)ccc1F. The van der Waals surface area contributed by atoms with Gasteiger partial charge in [-0.2, -0.15) is 0 Å². The number of nitrogens with one attached hydrogen (secondary N) is 3. The van der Waals surface area contributed by atoms with Crippen molar-refractivity contribution in [3.63, 3.8) is 0 Å². The van der Waals surface area contributed by atoms with E-state index in [-0.39, 0.29) is 5.56 Å². The van der Waals surface area contributed by atoms with Crippen LogP contribution in [0, 0.1) is 5.82 Å². The van der Waals surface area contributed by atoms with Crippen molar-refractivity contribution in [2.75, 3.05) is 0 Å². The first-order valence-electron chi connectivity index (χ1n) is 6.68. The summed E-state index contributed by atoms with van der Waals surface area (Å²) in [7, 11) is 0. The Kier molecular flexibility index (Phi) is 4.12. The Hall–Kier alpha value is -2.67. The maximum absolute atomic E-state index is 13.6. The van der Waals surface area contributed by atoms with E-state index >= 15 is 0 Å². The lowest BCUT2D eigenvalue weighted by Crippen LogP contribution is -2.41. The number of carbonyl (C=O) groups excluding carboxylic acids is 2. The molecular formula is C16H11BrFN3O2. The topological polar surface area (TPSA) is 74.0 Å². The summed E-state index contributed by atoms with van der Waals surface area (Å²) in [6.07, 6.45) is 1.55. The minimum atomic E-state index is -0.739. The van der Waals surface area contributed by atoms with Crippen molar-refractivity contribution in [1.29, 1.82) is 0 Å². The van der Waals surface area contributed by atoms with Crippen LogP contribution in [-0.2, 0) is 0 Å². The lowest BCUT2D eigenvalue weighted by atomic mass is 10.2. The molecule has 0 saturated heterocycles. The molecule has 7 heteroatoms. The molecule has 2 aromatic carbocycles. The molecule has 0 fully saturated rings. The highest BCUT2D eigenvalue weighted by Gasteiger charge is 2.15. The third-order valence-corrected chi connectivity index (χ3v) is 3.79. The fourth-order valence-corrected chi connectivity index (χ4v) is 2.54. The third kappa shape index (κ3) is 3.09. The van der Waals surface area contributed by atoms with Crippen molar-refractivity contribution in [3.05, 3.63) is 70.1 Å². The van der Waals surface area contributed by atoms with Crippen LogP contribution in [-0.4, -0.2) is 16.8 Å². The van der Waals surface area contributed by atoms with Gasteiger partial charge in [0.05, 0.1) is 11.1 Å². The van der Waals surface area contributed by atoms with Crippen molar-refractivity contribution in [1.82, 2.24) is 15.8 Å². The first-order valence-corrected chi connectivity index (χ1v) is 7.47. The highest BCUT2D eigenvalue weighted by Crippen LogP contribution is 2.17. The van der Waals surface area contributed by atoms with Crippen LogP contribution in [0.25, 0.3) is 10.9 Å². The number of rotatable bonds is 2. The number of halogens is 2. The molecule has 23 heavy (non-hydrogen) atoms. The lowest BCUT2D eigenvalue weighted by Gasteiger charge is -2.08. The van der Waals surface area contributed by atoms with Gasteiger partial charge >= 0.3 is 0 Å². The van der Waals surface area contributed by atoms with Gasteiger partial charge in [0.1, 0.15) is 5.82 Å². The van der Waals surface area contributed by atoms with Crippen LogP contribution in [0.1, 0.15) is 20.7 Å². The zero-order valence-corrected chi connectivity index (χ0v) is 13.3. The minimum Gasteiger partial charge on any atom is -0.360 e. The van der Waals surface area contributed by atoms with Crippen molar-refractivity contribution in [2.24, 2.45) is 0 Å². The van der Waals surface area contributed by atoms with Crippen molar-refractivity contribution in [3.8, 4) is 0 Å². The van der Waals surface area contributed by atoms with Crippen molar-refractivity contribution < 1.29 is 14.0 Å². The van der Waals surface area contributed by atoms with Gasteiger partial charge in [-0.3, -0.25) is 20.4 Å². The Morgan fingerprint density at radius 3 is 2.48 bits per heavy atom. The van der Waals surface area contributed by atoms with E-state index in [1.54, 1.807) is 12.3 Å². The Bertz CT molecular complexity index is 907. The normalized spacial score (nSPS) is 10.5. The summed E-state index contributed by atoms with van der Waals surface area (Å²) in [4.78, 5) is 27.1. The Balaban J connectivity index is 1.74. The molecule has 0 unspecified atom stereocenters. The first kappa shape index (κ1) is 15.2. The number of aromatic nitrogens is 1. The Morgan fingerprint density at radius 2 is 1.70 bits per heavy atom. The van der Waals surface area contributed by atoms with Gasteiger partial charge in [-0.15, -0.1) is 0 Å². The lowest BCUT2D eigenvalue weighted by molar-refractivity contribution is 0.0845. The molecule has 0 aliphatic carbocycles. The molecule has 1 aromatic heterocycles. The monoisotopic (exact) mass is 375 g/mol. The summed E-state index contributed by atoms with van der Waals surface area (Å²) < 4.78 is 14.2. The largest absolute Gasteiger partial charge is 0.360 e. The highest BCUT2D eigenvalue weighted by molar-refractivity contribution is 9.10. The molecule has 0 atom stereocenters. The number of para-hydroxylation sites is 1. The average molecular weight is 376 g/mol. The molecule has 3 aromatic rings. The second kappa shape index (κ2) is 6.21. The van der Waals surface area contributed by atoms with E-state index in [0.29, 0.717) is 10.0 Å². The zero-order chi connectivity index (χ0) is 16.4. The van der Waals surface area contributed by atoms with E-state index in [2.05, 4.69) is 31.8 Å². The van der Waals surface area contributed by atoms with E-state index in [1.165, 1.54) is 18.2 Å². The fourth-order valence-electron chi connectivity index (χ4n) is 2.18. The highest BCUT2D eigenvalue weighted by atomic mass is 79.9. The number of hydrogen-bond acceptors (Lipinski definition) is 2. The number of fused-ring (bicyclic) bond motifs is 1. The number of amides is 2. The van der Waals surface area contributed by atoms with Crippen LogP contribution < -0.4 is 10.9 Å². The van der Waals surface area contributed by atoms with Crippen LogP contribution in [0.5, 0.6) is 0 Å². The molecule has 5 nitrogen and oxygen atoms in total. The second-order valence-corrected chi connectivity index (χ2v) is 5.70. The molecule has 0 spiro atoms. The van der Waals surface area contributed by atoms with Crippen LogP contribution in [0.15, 0.2) is 53.1 Å². The summed E-state index contributed by atoms with van der Waals surface area (Å²) in [5.41, 5.74) is 5.51. The molecule has 0 aliphatic heterocycles. The van der Waals surface area contributed by atoms with E-state index in [9.17, 15) is 14.0 Å². The van der Waals surface area contributed by atoms with Gasteiger partial charge in [0, 0.05) is 21.6 Å². The van der Waals surface area contributed by atoms with E-state index in [0.717, 1.165) is 10.9 Å². The van der Waals surface area contributed by atoms with E-state index in [1.807, 2.05) is 18.2 Å². The molecule has 1 heterocycles. The summed E-state index contributed by atoms with van der Waals surface area (Å²) in [6, 6.07) is 11.3. The number of hydrogen-bond donors (Lipinski definition) is 3. The molecule has 0 saturated carbocycles. The standard InChI is InChI=1S/C16H11BrFN3O2/c17-9-5-6-13(18)11(7-9)15(22)20-21-16(23)12-8-19-14-4-2-1-3-10(12)14/h1-8,19H,(H,20,22)(H,21,23). The number of benzene rings is 2. The number of aromatic amines is 1. The molecule has 3 rings (SSSR count). The molecule has 3 N–H and O–H groups in total. The number of hydrazine groups is 1. The van der Waals surface area contributed by atoms with Crippen LogP contribution in [0.2, 0.25) is 0 Å². The molecule has 0 aliphatic rings. The van der Waals surface area contributed by atoms with E-state index < -0.39 is 17.6 Å². The summed E-state index contributed by atoms with van der Waals surface area (Å²) >= 11 is 3.17. The van der Waals surface area contributed by atoms with E-state index in [4.69, 9.17) is 0 Å². The van der Waals surface area contributed by atoms with Gasteiger partial charge < -0.3 is 4.98 Å². The fraction of sp³-hybridized carbons (Fsp3) is 0. The summed E-state index contributed by atoms with van der Waals surface area (Å²) in [6.45, 7) is 0. The Labute approximate surface area is 139 Å². The predicted molar refractivity (Wildman–Crippen MR) is 87.3 cm³/mol. The summed E-state index contributed by atoms with van der Waals surface area (Å²) in [5, 5.41) is 0.730. The van der Waals surface area contributed by atoms with Crippen molar-refractivity contribution in [2.45, 2.75) is 0 Å². The summed E-state index contributed by atoms with van der Waals surface area (Å²) in [5.74, 6) is -1.91. The maximum Gasteiger partial charge on any atom is 0.272 e. The van der Waals surface area contributed by atoms with Crippen LogP contribution >= 0.6 is 15.9 Å². The van der Waals surface area contributed by atoms with Gasteiger partial charge in [-0.05, 0) is 24.3 Å². The first-order chi connectivity index (χ1) is 11.1. The second-order valence-electron chi connectivity index (χ2n) is 4.78. The van der Waals surface area contributed by atoms with Crippen molar-refractivity contribution >= 4 is 38.6 Å². The quantitative estimate of drug-likeness (QED) is 0.602. The molecule has 0 radical (unpaired) electrons. The average Bonchev–Trinajstić information content (AvgIpc) is 2.98. The smallest absolute Gasteiger partial charge is 0.272 e. The van der Waals surface area contributed by atoms with Gasteiger partial charge in [0.2, 0.25) is 0 Å². The van der Waals surface area contributed by atoms with Gasteiger partial charge in [-0.25, -0.2) is 4.39 Å². The minimum absolute atomic E-state index is 0.168. The third-order valence-electron chi connectivity index (χ3n) is 3.30. The zero-order valence-electron chi connectivity index (χ0n) is 11.7. The molecular weight excluding hydrogens is 365 g/mol. The number of H-pyrrole nitrogens is 1. The Morgan fingerprint density at radius 1 is 1.00 bits per heavy atom. The van der Waals surface area contributed by atoms with Gasteiger partial charge in [0.25, 0.3) is 11.8 Å². The molecule has 2 amide bonds.